The number of carbonyl (C=O) groups excluding carboxylic acids is 1. The van der Waals surface area contributed by atoms with Gasteiger partial charge < -0.3 is 4.90 Å². The predicted octanol–water partition coefficient (Wildman–Crippen LogP) is 4.77. The van der Waals surface area contributed by atoms with Gasteiger partial charge in [0.2, 0.25) is 5.91 Å². The number of anilines is 1. The van der Waals surface area contributed by atoms with Gasteiger partial charge in [-0.05, 0) is 43.3 Å². The lowest BCUT2D eigenvalue weighted by Gasteiger charge is -2.25. The number of carbonyl (C=O) groups is 1. The number of hydrogen-bond acceptors (Lipinski definition) is 3. The highest BCUT2D eigenvalue weighted by Crippen LogP contribution is 2.27. The predicted molar refractivity (Wildman–Crippen MR) is 95.8 cm³/mol. The summed E-state index contributed by atoms with van der Waals surface area (Å²) < 4.78 is 0. The number of thioether (sulfide) groups is 1. The number of amides is 1. The average Bonchev–Trinajstić information content (AvgIpc) is 2.58. The zero-order chi connectivity index (χ0) is 16.7. The molecular formula is C18H17ClN2OS. The van der Waals surface area contributed by atoms with Crippen molar-refractivity contribution in [2.75, 3.05) is 11.4 Å². The van der Waals surface area contributed by atoms with Crippen molar-refractivity contribution in [3.63, 3.8) is 0 Å². The van der Waals surface area contributed by atoms with Gasteiger partial charge in [-0.15, -0.1) is 11.8 Å². The van der Waals surface area contributed by atoms with Crippen LogP contribution in [0.3, 0.4) is 0 Å². The number of para-hydroxylation sites is 1. The molecule has 0 aromatic heterocycles. The Bertz CT molecular complexity index is 682. The maximum Gasteiger partial charge on any atom is 0.240 e. The van der Waals surface area contributed by atoms with Crippen molar-refractivity contribution in [3.8, 4) is 6.07 Å². The van der Waals surface area contributed by atoms with Crippen molar-refractivity contribution in [2.45, 2.75) is 23.5 Å². The van der Waals surface area contributed by atoms with Gasteiger partial charge in [0.05, 0.1) is 17.7 Å². The van der Waals surface area contributed by atoms with Crippen molar-refractivity contribution in [1.29, 1.82) is 5.26 Å². The molecule has 23 heavy (non-hydrogen) atoms. The molecule has 0 aliphatic carbocycles. The molecule has 0 aliphatic heterocycles. The number of hydrogen-bond donors (Lipinski definition) is 0. The quantitative estimate of drug-likeness (QED) is 0.709. The molecule has 0 N–H and O–H groups in total. The number of benzene rings is 2. The first kappa shape index (κ1) is 17.4. The fourth-order valence-electron chi connectivity index (χ4n) is 2.12. The van der Waals surface area contributed by atoms with Crippen LogP contribution in [-0.2, 0) is 4.79 Å². The molecular weight excluding hydrogens is 328 g/mol. The van der Waals surface area contributed by atoms with Crippen molar-refractivity contribution in [3.05, 3.63) is 59.6 Å². The second kappa shape index (κ2) is 8.61. The van der Waals surface area contributed by atoms with Crippen LogP contribution in [0.15, 0.2) is 59.5 Å². The van der Waals surface area contributed by atoms with Crippen LogP contribution in [0.5, 0.6) is 0 Å². The summed E-state index contributed by atoms with van der Waals surface area (Å²) in [4.78, 5) is 15.5. The first-order valence-corrected chi connectivity index (χ1v) is 8.53. The standard InChI is InChI=1S/C18H17ClN2OS/c1-14(23-17-10-8-15(19)9-11-17)18(22)21(13-5-12-20)16-6-3-2-4-7-16/h2-4,6-11,14H,5,13H2,1H3. The van der Waals surface area contributed by atoms with E-state index in [-0.39, 0.29) is 11.2 Å². The van der Waals surface area contributed by atoms with E-state index >= 15 is 0 Å². The van der Waals surface area contributed by atoms with Gasteiger partial charge in [0, 0.05) is 22.2 Å². The highest BCUT2D eigenvalue weighted by molar-refractivity contribution is 8.00. The van der Waals surface area contributed by atoms with Gasteiger partial charge >= 0.3 is 0 Å². The van der Waals surface area contributed by atoms with Crippen LogP contribution in [0, 0.1) is 11.3 Å². The van der Waals surface area contributed by atoms with E-state index in [1.165, 1.54) is 11.8 Å². The first-order valence-electron chi connectivity index (χ1n) is 7.27. The Hall–Kier alpha value is -1.96. The van der Waals surface area contributed by atoms with Crippen molar-refractivity contribution in [2.24, 2.45) is 0 Å². The van der Waals surface area contributed by atoms with Gasteiger partial charge in [0.15, 0.2) is 0 Å². The first-order chi connectivity index (χ1) is 11.1. The Balaban J connectivity index is 2.12. The Labute approximate surface area is 145 Å². The molecule has 1 amide bonds. The monoisotopic (exact) mass is 344 g/mol. The van der Waals surface area contributed by atoms with E-state index in [1.807, 2.05) is 61.5 Å². The largest absolute Gasteiger partial charge is 0.310 e. The molecule has 1 atom stereocenters. The third-order valence-corrected chi connectivity index (χ3v) is 4.61. The van der Waals surface area contributed by atoms with E-state index in [2.05, 4.69) is 6.07 Å². The molecule has 0 saturated heterocycles. The van der Waals surface area contributed by atoms with Crippen LogP contribution < -0.4 is 4.90 Å². The second-order valence-corrected chi connectivity index (χ2v) is 6.80. The average molecular weight is 345 g/mol. The van der Waals surface area contributed by atoms with E-state index in [0.29, 0.717) is 18.0 Å². The summed E-state index contributed by atoms with van der Waals surface area (Å²) in [6.07, 6.45) is 0.305. The van der Waals surface area contributed by atoms with Crippen LogP contribution in [0.4, 0.5) is 5.69 Å². The van der Waals surface area contributed by atoms with Crippen molar-refractivity contribution in [1.82, 2.24) is 0 Å². The van der Waals surface area contributed by atoms with Gasteiger partial charge in [0.25, 0.3) is 0 Å². The summed E-state index contributed by atoms with van der Waals surface area (Å²) >= 11 is 7.37. The molecule has 2 rings (SSSR count). The van der Waals surface area contributed by atoms with E-state index in [0.717, 1.165) is 10.6 Å². The lowest BCUT2D eigenvalue weighted by molar-refractivity contribution is -0.117. The minimum Gasteiger partial charge on any atom is -0.310 e. The normalized spacial score (nSPS) is 11.5. The third kappa shape index (κ3) is 5.02. The van der Waals surface area contributed by atoms with E-state index < -0.39 is 0 Å². The topological polar surface area (TPSA) is 44.1 Å². The molecule has 5 heteroatoms. The van der Waals surface area contributed by atoms with Gasteiger partial charge in [-0.25, -0.2) is 0 Å². The second-order valence-electron chi connectivity index (χ2n) is 4.95. The summed E-state index contributed by atoms with van der Waals surface area (Å²) in [5, 5.41) is 9.26. The number of halogens is 1. The Morgan fingerprint density at radius 3 is 2.48 bits per heavy atom. The fourth-order valence-corrected chi connectivity index (χ4v) is 3.18. The molecule has 0 radical (unpaired) electrons. The van der Waals surface area contributed by atoms with E-state index in [9.17, 15) is 4.79 Å². The lowest BCUT2D eigenvalue weighted by atomic mass is 10.2. The van der Waals surface area contributed by atoms with Crippen LogP contribution in [-0.4, -0.2) is 17.7 Å². The molecule has 0 fully saturated rings. The molecule has 0 heterocycles. The molecule has 2 aromatic rings. The van der Waals surface area contributed by atoms with Crippen molar-refractivity contribution < 1.29 is 4.79 Å². The summed E-state index contributed by atoms with van der Waals surface area (Å²) in [6, 6.07) is 19.0. The molecule has 0 spiro atoms. The number of nitriles is 1. The van der Waals surface area contributed by atoms with Crippen LogP contribution in [0.1, 0.15) is 13.3 Å². The SMILES string of the molecule is CC(Sc1ccc(Cl)cc1)C(=O)N(CCC#N)c1ccccc1. The minimum atomic E-state index is -0.255. The zero-order valence-electron chi connectivity index (χ0n) is 12.8. The number of rotatable bonds is 6. The maximum absolute atomic E-state index is 12.8. The molecule has 118 valence electrons. The van der Waals surface area contributed by atoms with E-state index in [4.69, 9.17) is 16.9 Å². The lowest BCUT2D eigenvalue weighted by Crippen LogP contribution is -2.37. The Morgan fingerprint density at radius 1 is 1.22 bits per heavy atom. The van der Waals surface area contributed by atoms with Gasteiger partial charge in [-0.1, -0.05) is 29.8 Å². The summed E-state index contributed by atoms with van der Waals surface area (Å²) in [5.74, 6) is -0.00796. The Morgan fingerprint density at radius 2 is 1.87 bits per heavy atom. The summed E-state index contributed by atoms with van der Waals surface area (Å²) in [7, 11) is 0. The molecule has 1 unspecified atom stereocenters. The zero-order valence-corrected chi connectivity index (χ0v) is 14.3. The molecule has 0 saturated carbocycles. The van der Waals surface area contributed by atoms with Crippen LogP contribution >= 0.6 is 23.4 Å². The van der Waals surface area contributed by atoms with Gasteiger partial charge in [-0.2, -0.15) is 5.26 Å². The van der Waals surface area contributed by atoms with Gasteiger partial charge in [0.1, 0.15) is 0 Å². The number of nitrogens with zero attached hydrogens (tertiary/aromatic N) is 2. The summed E-state index contributed by atoms with van der Waals surface area (Å²) in [6.45, 7) is 2.27. The highest BCUT2D eigenvalue weighted by Gasteiger charge is 2.22. The Kier molecular flexibility index (Phi) is 6.52. The molecule has 3 nitrogen and oxygen atoms in total. The van der Waals surface area contributed by atoms with Crippen molar-refractivity contribution >= 4 is 35.0 Å². The molecule has 0 aliphatic rings. The summed E-state index contributed by atoms with van der Waals surface area (Å²) in [5.41, 5.74) is 0.816. The van der Waals surface area contributed by atoms with Crippen LogP contribution in [0.2, 0.25) is 5.02 Å². The molecule has 2 aromatic carbocycles. The maximum atomic E-state index is 12.8. The molecule has 0 bridgehead atoms. The third-order valence-electron chi connectivity index (χ3n) is 3.26. The minimum absolute atomic E-state index is 0.00796. The fraction of sp³-hybridized carbons (Fsp3) is 0.222. The van der Waals surface area contributed by atoms with Crippen LogP contribution in [0.25, 0.3) is 0 Å². The highest BCUT2D eigenvalue weighted by atomic mass is 35.5. The van der Waals surface area contributed by atoms with Gasteiger partial charge in [-0.3, -0.25) is 4.79 Å². The smallest absolute Gasteiger partial charge is 0.240 e. The van der Waals surface area contributed by atoms with E-state index in [1.54, 1.807) is 4.90 Å².